The summed E-state index contributed by atoms with van der Waals surface area (Å²) in [6, 6.07) is 7.39. The number of aromatic nitrogens is 2. The number of anilines is 1. The first kappa shape index (κ1) is 16.1. The summed E-state index contributed by atoms with van der Waals surface area (Å²) in [5.41, 5.74) is 1.70. The summed E-state index contributed by atoms with van der Waals surface area (Å²) in [6.45, 7) is 5.12. The van der Waals surface area contributed by atoms with E-state index < -0.39 is 0 Å². The number of benzene rings is 1. The van der Waals surface area contributed by atoms with Gasteiger partial charge in [-0.2, -0.15) is 0 Å². The SMILES string of the molecule is CCCNc1cc(-c2ccc(Cl)cc2Cl)nc(CCC)n1. The van der Waals surface area contributed by atoms with Crippen molar-refractivity contribution in [3.8, 4) is 11.3 Å². The fourth-order valence-corrected chi connectivity index (χ4v) is 2.52. The highest BCUT2D eigenvalue weighted by Crippen LogP contribution is 2.30. The van der Waals surface area contributed by atoms with Gasteiger partial charge in [0.05, 0.1) is 10.7 Å². The van der Waals surface area contributed by atoms with Gasteiger partial charge in [0.25, 0.3) is 0 Å². The molecule has 3 nitrogen and oxygen atoms in total. The van der Waals surface area contributed by atoms with Crippen LogP contribution in [0.3, 0.4) is 0 Å². The molecule has 0 saturated carbocycles. The van der Waals surface area contributed by atoms with Crippen molar-refractivity contribution in [2.45, 2.75) is 33.1 Å². The zero-order valence-electron chi connectivity index (χ0n) is 12.3. The van der Waals surface area contributed by atoms with Crippen molar-refractivity contribution < 1.29 is 0 Å². The molecule has 0 amide bonds. The number of nitrogens with zero attached hydrogens (tertiary/aromatic N) is 2. The van der Waals surface area contributed by atoms with E-state index in [1.165, 1.54) is 0 Å². The van der Waals surface area contributed by atoms with Crippen molar-refractivity contribution in [3.63, 3.8) is 0 Å². The molecule has 1 heterocycles. The van der Waals surface area contributed by atoms with Gasteiger partial charge < -0.3 is 5.32 Å². The molecule has 21 heavy (non-hydrogen) atoms. The second kappa shape index (κ2) is 7.62. The highest BCUT2D eigenvalue weighted by atomic mass is 35.5. The van der Waals surface area contributed by atoms with Crippen molar-refractivity contribution in [1.29, 1.82) is 0 Å². The smallest absolute Gasteiger partial charge is 0.131 e. The molecule has 0 unspecified atom stereocenters. The Balaban J connectivity index is 2.43. The van der Waals surface area contributed by atoms with Crippen LogP contribution < -0.4 is 5.32 Å². The van der Waals surface area contributed by atoms with Crippen LogP contribution in [-0.2, 0) is 6.42 Å². The molecule has 1 N–H and O–H groups in total. The van der Waals surface area contributed by atoms with E-state index in [-0.39, 0.29) is 0 Å². The summed E-state index contributed by atoms with van der Waals surface area (Å²) < 4.78 is 0. The molecule has 0 atom stereocenters. The molecule has 0 radical (unpaired) electrons. The Hall–Kier alpha value is -1.32. The minimum absolute atomic E-state index is 0.602. The predicted octanol–water partition coefficient (Wildman–Crippen LogP) is 5.22. The minimum Gasteiger partial charge on any atom is -0.370 e. The van der Waals surface area contributed by atoms with Gasteiger partial charge >= 0.3 is 0 Å². The fourth-order valence-electron chi connectivity index (χ4n) is 2.01. The molecule has 112 valence electrons. The van der Waals surface area contributed by atoms with Crippen LogP contribution in [-0.4, -0.2) is 16.5 Å². The molecular weight excluding hydrogens is 305 g/mol. The van der Waals surface area contributed by atoms with Crippen LogP contribution in [0.15, 0.2) is 24.3 Å². The van der Waals surface area contributed by atoms with Crippen LogP contribution in [0.4, 0.5) is 5.82 Å². The second-order valence-corrected chi connectivity index (χ2v) is 5.70. The van der Waals surface area contributed by atoms with Gasteiger partial charge in [0.2, 0.25) is 0 Å². The lowest BCUT2D eigenvalue weighted by Gasteiger charge is -2.10. The van der Waals surface area contributed by atoms with Crippen molar-refractivity contribution in [2.24, 2.45) is 0 Å². The summed E-state index contributed by atoms with van der Waals surface area (Å²) in [5, 5.41) is 4.54. The Morgan fingerprint density at radius 3 is 2.52 bits per heavy atom. The molecule has 1 aromatic carbocycles. The third-order valence-corrected chi connectivity index (χ3v) is 3.56. The lowest BCUT2D eigenvalue weighted by Crippen LogP contribution is -2.06. The van der Waals surface area contributed by atoms with Crippen molar-refractivity contribution in [3.05, 3.63) is 40.1 Å². The number of hydrogen-bond acceptors (Lipinski definition) is 3. The lowest BCUT2D eigenvalue weighted by molar-refractivity contribution is 0.834. The summed E-state index contributed by atoms with van der Waals surface area (Å²) >= 11 is 12.2. The van der Waals surface area contributed by atoms with E-state index in [2.05, 4.69) is 29.1 Å². The van der Waals surface area contributed by atoms with Crippen LogP contribution in [0, 0.1) is 0 Å². The van der Waals surface area contributed by atoms with E-state index >= 15 is 0 Å². The third kappa shape index (κ3) is 4.32. The average molecular weight is 324 g/mol. The maximum atomic E-state index is 6.28. The summed E-state index contributed by atoms with van der Waals surface area (Å²) in [5.74, 6) is 1.68. The Bertz CT molecular complexity index is 614. The second-order valence-electron chi connectivity index (χ2n) is 4.86. The van der Waals surface area contributed by atoms with Crippen LogP contribution in [0.2, 0.25) is 10.0 Å². The zero-order valence-corrected chi connectivity index (χ0v) is 13.8. The number of hydrogen-bond donors (Lipinski definition) is 1. The van der Waals surface area contributed by atoms with Crippen LogP contribution in [0.5, 0.6) is 0 Å². The van der Waals surface area contributed by atoms with E-state index in [9.17, 15) is 0 Å². The summed E-state index contributed by atoms with van der Waals surface area (Å²) in [6.07, 6.45) is 2.90. The molecule has 0 fully saturated rings. The molecule has 0 saturated heterocycles. The third-order valence-electron chi connectivity index (χ3n) is 3.01. The molecule has 1 aromatic heterocycles. The minimum atomic E-state index is 0.602. The summed E-state index contributed by atoms with van der Waals surface area (Å²) in [4.78, 5) is 9.16. The van der Waals surface area contributed by atoms with Crippen molar-refractivity contribution in [1.82, 2.24) is 9.97 Å². The monoisotopic (exact) mass is 323 g/mol. The normalized spacial score (nSPS) is 10.7. The quantitative estimate of drug-likeness (QED) is 0.791. The van der Waals surface area contributed by atoms with Gasteiger partial charge in [-0.05, 0) is 31.0 Å². The Morgan fingerprint density at radius 2 is 1.86 bits per heavy atom. The Labute approximate surface area is 135 Å². The molecule has 2 rings (SSSR count). The predicted molar refractivity (Wildman–Crippen MR) is 90.3 cm³/mol. The topological polar surface area (TPSA) is 37.8 Å². The van der Waals surface area contributed by atoms with E-state index in [1.54, 1.807) is 6.07 Å². The number of aryl methyl sites for hydroxylation is 1. The molecule has 0 bridgehead atoms. The zero-order chi connectivity index (χ0) is 15.2. The standard InChI is InChI=1S/C16H19Cl2N3/c1-3-5-15-20-14(10-16(21-15)19-8-4-2)12-7-6-11(17)9-13(12)18/h6-7,9-10H,3-5,8H2,1-2H3,(H,19,20,21). The van der Waals surface area contributed by atoms with Crippen LogP contribution in [0.1, 0.15) is 32.5 Å². The van der Waals surface area contributed by atoms with E-state index in [0.29, 0.717) is 10.0 Å². The Kier molecular flexibility index (Phi) is 5.83. The molecule has 0 aliphatic heterocycles. The van der Waals surface area contributed by atoms with E-state index in [4.69, 9.17) is 23.2 Å². The largest absolute Gasteiger partial charge is 0.370 e. The van der Waals surface area contributed by atoms with Crippen LogP contribution >= 0.6 is 23.2 Å². The fraction of sp³-hybridized carbons (Fsp3) is 0.375. The van der Waals surface area contributed by atoms with Crippen LogP contribution in [0.25, 0.3) is 11.3 Å². The highest BCUT2D eigenvalue weighted by Gasteiger charge is 2.10. The lowest BCUT2D eigenvalue weighted by atomic mass is 10.1. The number of nitrogens with one attached hydrogen (secondary N) is 1. The molecular formula is C16H19Cl2N3. The van der Waals surface area contributed by atoms with Gasteiger partial charge in [-0.3, -0.25) is 0 Å². The van der Waals surface area contributed by atoms with Gasteiger partial charge in [-0.25, -0.2) is 9.97 Å². The first-order chi connectivity index (χ1) is 10.1. The molecule has 0 aliphatic carbocycles. The number of rotatable bonds is 6. The van der Waals surface area contributed by atoms with Gasteiger partial charge in [0.15, 0.2) is 0 Å². The van der Waals surface area contributed by atoms with E-state index in [1.807, 2.05) is 18.2 Å². The highest BCUT2D eigenvalue weighted by molar-refractivity contribution is 6.36. The number of halogens is 2. The van der Waals surface area contributed by atoms with Gasteiger partial charge in [0, 0.05) is 29.6 Å². The van der Waals surface area contributed by atoms with E-state index in [0.717, 1.165) is 48.7 Å². The van der Waals surface area contributed by atoms with Gasteiger partial charge in [0.1, 0.15) is 11.6 Å². The maximum Gasteiger partial charge on any atom is 0.131 e. The maximum absolute atomic E-state index is 6.28. The first-order valence-electron chi connectivity index (χ1n) is 7.21. The van der Waals surface area contributed by atoms with Gasteiger partial charge in [-0.1, -0.05) is 37.0 Å². The molecule has 2 aromatic rings. The first-order valence-corrected chi connectivity index (χ1v) is 7.97. The molecule has 0 spiro atoms. The average Bonchev–Trinajstić information content (AvgIpc) is 2.45. The van der Waals surface area contributed by atoms with Gasteiger partial charge in [-0.15, -0.1) is 0 Å². The molecule has 0 aliphatic rings. The van der Waals surface area contributed by atoms with Crippen molar-refractivity contribution >= 4 is 29.0 Å². The summed E-state index contributed by atoms with van der Waals surface area (Å²) in [7, 11) is 0. The Morgan fingerprint density at radius 1 is 1.05 bits per heavy atom. The molecule has 5 heteroatoms. The van der Waals surface area contributed by atoms with Crippen molar-refractivity contribution in [2.75, 3.05) is 11.9 Å².